The number of esters is 2. The summed E-state index contributed by atoms with van der Waals surface area (Å²) in [7, 11) is 5.38. The van der Waals surface area contributed by atoms with Crippen molar-refractivity contribution < 1.29 is 38.2 Å². The third kappa shape index (κ3) is 34.8. The predicted octanol–water partition coefficient (Wildman–Crippen LogP) is 10.1. The lowest BCUT2D eigenvalue weighted by Crippen LogP contribution is -2.55. The van der Waals surface area contributed by atoms with Crippen LogP contribution in [0.5, 0.6) is 0 Å². The average Bonchev–Trinajstić information content (AvgIpc) is 3.12. The maximum absolute atomic E-state index is 12.7. The van der Waals surface area contributed by atoms with Gasteiger partial charge in [-0.05, 0) is 64.2 Å². The van der Waals surface area contributed by atoms with E-state index in [1.54, 1.807) is 21.1 Å². The van der Waals surface area contributed by atoms with Crippen molar-refractivity contribution in [1.82, 2.24) is 0 Å². The fourth-order valence-electron chi connectivity index (χ4n) is 5.85. The maximum atomic E-state index is 12.7. The highest BCUT2D eigenvalue weighted by Gasteiger charge is 2.25. The summed E-state index contributed by atoms with van der Waals surface area (Å²) in [5.41, 5.74) is 0. The summed E-state index contributed by atoms with van der Waals surface area (Å²) in [6, 6.07) is -0.734. The SMILES string of the molecule is CC/C=C/C/C=C/C/C=C/CCCC(=O)OCC(COCCC(C(=O)[O-])[N+](C)(C)C)OC(=O)CCCCCCCCCCCC/C=C/C=C/CCCCC. The Bertz CT molecular complexity index is 1070. The number of allylic oxidation sites excluding steroid dienone is 10. The highest BCUT2D eigenvalue weighted by atomic mass is 16.6. The number of likely N-dealkylation sites (N-methyl/N-ethyl adjacent to an activating group) is 1. The van der Waals surface area contributed by atoms with Gasteiger partial charge >= 0.3 is 11.9 Å². The molecule has 0 fully saturated rings. The molecular weight excluding hydrogens is 679 g/mol. The molecule has 0 saturated carbocycles. The normalized spacial score (nSPS) is 13.6. The van der Waals surface area contributed by atoms with Gasteiger partial charge in [-0.3, -0.25) is 9.59 Å². The van der Waals surface area contributed by atoms with Gasteiger partial charge in [0.05, 0.1) is 40.3 Å². The number of quaternary nitrogens is 1. The van der Waals surface area contributed by atoms with Gasteiger partial charge in [0.15, 0.2) is 6.10 Å². The van der Waals surface area contributed by atoms with E-state index in [4.69, 9.17) is 14.2 Å². The molecule has 0 aliphatic rings. The number of aliphatic carboxylic acids is 1. The molecule has 0 aromatic rings. The first-order valence-corrected chi connectivity index (χ1v) is 21.3. The Morgan fingerprint density at radius 1 is 0.593 bits per heavy atom. The van der Waals surface area contributed by atoms with Crippen LogP contribution in [0.2, 0.25) is 0 Å². The first-order valence-electron chi connectivity index (χ1n) is 21.3. The van der Waals surface area contributed by atoms with Gasteiger partial charge in [-0.1, -0.05) is 139 Å². The molecule has 0 spiro atoms. The Morgan fingerprint density at radius 3 is 1.69 bits per heavy atom. The smallest absolute Gasteiger partial charge is 0.306 e. The maximum Gasteiger partial charge on any atom is 0.306 e. The van der Waals surface area contributed by atoms with Crippen molar-refractivity contribution in [2.45, 2.75) is 174 Å². The van der Waals surface area contributed by atoms with E-state index in [2.05, 4.69) is 74.6 Å². The summed E-state index contributed by atoms with van der Waals surface area (Å²) in [6.45, 7) is 4.44. The third-order valence-corrected chi connectivity index (χ3v) is 9.17. The monoisotopic (exact) mass is 758 g/mol. The quantitative estimate of drug-likeness (QED) is 0.0204. The van der Waals surface area contributed by atoms with E-state index in [9.17, 15) is 19.5 Å². The zero-order valence-electron chi connectivity index (χ0n) is 35.1. The largest absolute Gasteiger partial charge is 0.544 e. The van der Waals surface area contributed by atoms with Crippen LogP contribution in [0.4, 0.5) is 0 Å². The van der Waals surface area contributed by atoms with Gasteiger partial charge in [-0.2, -0.15) is 0 Å². The van der Waals surface area contributed by atoms with Crippen molar-refractivity contribution in [3.8, 4) is 0 Å². The molecule has 310 valence electrons. The van der Waals surface area contributed by atoms with Crippen LogP contribution in [0.25, 0.3) is 0 Å². The van der Waals surface area contributed by atoms with E-state index in [1.165, 1.54) is 70.6 Å². The van der Waals surface area contributed by atoms with Crippen molar-refractivity contribution in [3.63, 3.8) is 0 Å². The zero-order valence-corrected chi connectivity index (χ0v) is 35.1. The number of nitrogens with zero attached hydrogens (tertiary/aromatic N) is 1. The second-order valence-corrected chi connectivity index (χ2v) is 15.2. The van der Waals surface area contributed by atoms with Gasteiger partial charge in [0.1, 0.15) is 12.6 Å². The minimum Gasteiger partial charge on any atom is -0.544 e. The molecule has 0 saturated heterocycles. The average molecular weight is 758 g/mol. The van der Waals surface area contributed by atoms with Gasteiger partial charge in [0.2, 0.25) is 0 Å². The van der Waals surface area contributed by atoms with Crippen LogP contribution in [0.3, 0.4) is 0 Å². The second kappa shape index (κ2) is 37.0. The lowest BCUT2D eigenvalue weighted by atomic mass is 10.1. The minimum atomic E-state index is -1.13. The standard InChI is InChI=1S/C46H79NO7/c1-6-8-10-12-14-16-18-19-20-21-22-23-24-25-27-29-31-33-35-37-45(49)54-42(40-52-39-38-43(46(50)51)47(3,4)5)41-53-44(48)36-34-32-30-28-26-17-15-13-11-9-7-2/h9,11,14-19,28,30,42-43H,6-8,10,12-13,20-27,29,31-41H2,1-5H3/b11-9+,16-14+,17-15+,19-18+,30-28+. The van der Waals surface area contributed by atoms with Gasteiger partial charge in [0, 0.05) is 19.3 Å². The number of hydrogen-bond donors (Lipinski definition) is 0. The summed E-state index contributed by atoms with van der Waals surface area (Å²) in [6.07, 6.45) is 44.0. The molecular formula is C46H79NO7. The van der Waals surface area contributed by atoms with E-state index in [-0.39, 0.29) is 49.1 Å². The van der Waals surface area contributed by atoms with Gasteiger partial charge in [-0.25, -0.2) is 0 Å². The van der Waals surface area contributed by atoms with Crippen LogP contribution < -0.4 is 5.11 Å². The second-order valence-electron chi connectivity index (χ2n) is 15.2. The first-order chi connectivity index (χ1) is 26.1. The number of rotatable bonds is 37. The van der Waals surface area contributed by atoms with Crippen LogP contribution in [-0.2, 0) is 28.6 Å². The Kier molecular flexibility index (Phi) is 34.9. The number of ether oxygens (including phenoxy) is 3. The minimum absolute atomic E-state index is 0.0215. The molecule has 0 radical (unpaired) electrons. The lowest BCUT2D eigenvalue weighted by Gasteiger charge is -2.34. The van der Waals surface area contributed by atoms with Crippen molar-refractivity contribution in [2.75, 3.05) is 41.0 Å². The van der Waals surface area contributed by atoms with E-state index in [1.807, 2.05) is 0 Å². The van der Waals surface area contributed by atoms with Crippen molar-refractivity contribution in [3.05, 3.63) is 60.8 Å². The Balaban J connectivity index is 4.37. The molecule has 0 aromatic heterocycles. The molecule has 0 aliphatic carbocycles. The summed E-state index contributed by atoms with van der Waals surface area (Å²) in [4.78, 5) is 36.7. The topological polar surface area (TPSA) is 102 Å². The molecule has 2 unspecified atom stereocenters. The molecule has 0 amide bonds. The summed E-state index contributed by atoms with van der Waals surface area (Å²) >= 11 is 0. The van der Waals surface area contributed by atoms with Crippen LogP contribution in [-0.4, -0.2) is 75.5 Å². The van der Waals surface area contributed by atoms with E-state index >= 15 is 0 Å². The third-order valence-electron chi connectivity index (χ3n) is 9.17. The highest BCUT2D eigenvalue weighted by molar-refractivity contribution is 5.70. The number of carbonyl (C=O) groups is 3. The molecule has 0 rings (SSSR count). The fraction of sp³-hybridized carbons (Fsp3) is 0.717. The highest BCUT2D eigenvalue weighted by Crippen LogP contribution is 2.14. The summed E-state index contributed by atoms with van der Waals surface area (Å²) in [5.74, 6) is -1.82. The molecule has 8 heteroatoms. The molecule has 0 aromatic carbocycles. The zero-order chi connectivity index (χ0) is 40.0. The van der Waals surface area contributed by atoms with Crippen LogP contribution >= 0.6 is 0 Å². The van der Waals surface area contributed by atoms with Gasteiger partial charge in [-0.15, -0.1) is 0 Å². The molecule has 0 N–H and O–H groups in total. The fourth-order valence-corrected chi connectivity index (χ4v) is 5.85. The lowest BCUT2D eigenvalue weighted by molar-refractivity contribution is -0.889. The first kappa shape index (κ1) is 51.0. The summed E-state index contributed by atoms with van der Waals surface area (Å²) in [5, 5.41) is 11.6. The number of carbonyl (C=O) groups excluding carboxylic acids is 3. The molecule has 0 aliphatic heterocycles. The number of hydrogen-bond acceptors (Lipinski definition) is 7. The molecule has 2 atom stereocenters. The van der Waals surface area contributed by atoms with Crippen molar-refractivity contribution in [1.29, 1.82) is 0 Å². The molecule has 0 bridgehead atoms. The molecule has 8 nitrogen and oxygen atoms in total. The molecule has 54 heavy (non-hydrogen) atoms. The molecule has 0 heterocycles. The van der Waals surface area contributed by atoms with Crippen molar-refractivity contribution >= 4 is 17.9 Å². The number of unbranched alkanes of at least 4 members (excludes halogenated alkanes) is 14. The Morgan fingerprint density at radius 2 is 1.11 bits per heavy atom. The van der Waals surface area contributed by atoms with E-state index < -0.39 is 18.1 Å². The Hall–Kier alpha value is -2.97. The number of carboxylic acid groups (broad SMARTS) is 1. The predicted molar refractivity (Wildman–Crippen MR) is 222 cm³/mol. The van der Waals surface area contributed by atoms with E-state index in [0.29, 0.717) is 12.8 Å². The van der Waals surface area contributed by atoms with Gasteiger partial charge in [0.25, 0.3) is 0 Å². The van der Waals surface area contributed by atoms with Gasteiger partial charge < -0.3 is 28.6 Å². The van der Waals surface area contributed by atoms with Crippen LogP contribution in [0.1, 0.15) is 162 Å². The number of carboxylic acids is 1. The van der Waals surface area contributed by atoms with E-state index in [0.717, 1.165) is 51.4 Å². The van der Waals surface area contributed by atoms with Crippen LogP contribution in [0, 0.1) is 0 Å². The summed E-state index contributed by atoms with van der Waals surface area (Å²) < 4.78 is 17.1. The Labute approximate surface area is 330 Å². The van der Waals surface area contributed by atoms with Crippen molar-refractivity contribution in [2.24, 2.45) is 0 Å². The van der Waals surface area contributed by atoms with Crippen LogP contribution in [0.15, 0.2) is 60.8 Å².